The Kier molecular flexibility index (Phi) is 9.07. The van der Waals surface area contributed by atoms with Gasteiger partial charge < -0.3 is 9.47 Å². The highest BCUT2D eigenvalue weighted by atomic mass is 15.1. The van der Waals surface area contributed by atoms with E-state index in [1.807, 2.05) is 0 Å². The maximum Gasteiger partial charge on any atom is 0.0547 e. The molecule has 0 amide bonds. The zero-order valence-electron chi connectivity index (χ0n) is 37.1. The van der Waals surface area contributed by atoms with Crippen molar-refractivity contribution in [3.05, 3.63) is 222 Å². The molecule has 0 atom stereocenters. The van der Waals surface area contributed by atoms with Crippen LogP contribution in [0.5, 0.6) is 0 Å². The summed E-state index contributed by atoms with van der Waals surface area (Å²) in [5, 5.41) is 2.53. The fourth-order valence-electron chi connectivity index (χ4n) is 11.0. The molecule has 2 aliphatic rings. The molecule has 11 rings (SSSR count). The molecule has 2 aliphatic carbocycles. The standard InChI is InChI=1S/C61H52N2/c1-7-18-40(19-8-2)41-30-34-44(35-31-41)62(57-29-17-26-52-59(57)50-39-53-49(38-54(50)61(52,5)6)47-22-12-14-25-51(47)60(53,3)4)45-36-32-42(33-37-45)46-24-16-28-56-58(46)48-23-13-15-27-55(48)63(56)43-20-10-9-11-21-43/h7,9-39H,8H2,1-6H3/b18-7-,40-19+. The second-order valence-corrected chi connectivity index (χ2v) is 18.3. The van der Waals surface area contributed by atoms with Gasteiger partial charge in [0.15, 0.2) is 0 Å². The van der Waals surface area contributed by atoms with Crippen molar-refractivity contribution in [1.82, 2.24) is 4.57 Å². The first-order valence-corrected chi connectivity index (χ1v) is 22.5. The summed E-state index contributed by atoms with van der Waals surface area (Å²) < 4.78 is 2.40. The van der Waals surface area contributed by atoms with E-state index in [0.717, 1.165) is 17.8 Å². The molecule has 0 fully saturated rings. The third-order valence-electron chi connectivity index (χ3n) is 14.0. The maximum absolute atomic E-state index is 2.54. The van der Waals surface area contributed by atoms with Gasteiger partial charge in [0.25, 0.3) is 0 Å². The number of para-hydroxylation sites is 2. The van der Waals surface area contributed by atoms with Crippen LogP contribution in [-0.4, -0.2) is 4.57 Å². The van der Waals surface area contributed by atoms with Crippen LogP contribution in [0.25, 0.3) is 66.4 Å². The van der Waals surface area contributed by atoms with Crippen LogP contribution >= 0.6 is 0 Å². The van der Waals surface area contributed by atoms with Gasteiger partial charge in [0.1, 0.15) is 0 Å². The van der Waals surface area contributed by atoms with Crippen molar-refractivity contribution in [2.75, 3.05) is 4.90 Å². The van der Waals surface area contributed by atoms with Gasteiger partial charge in [-0.25, -0.2) is 0 Å². The van der Waals surface area contributed by atoms with Crippen LogP contribution in [0.2, 0.25) is 0 Å². The highest BCUT2D eigenvalue weighted by molar-refractivity contribution is 6.16. The van der Waals surface area contributed by atoms with Gasteiger partial charge in [0, 0.05) is 44.2 Å². The van der Waals surface area contributed by atoms with Crippen LogP contribution in [-0.2, 0) is 10.8 Å². The molecule has 2 nitrogen and oxygen atoms in total. The van der Waals surface area contributed by atoms with Gasteiger partial charge in [-0.05, 0) is 141 Å². The van der Waals surface area contributed by atoms with E-state index in [-0.39, 0.29) is 10.8 Å². The predicted molar refractivity (Wildman–Crippen MR) is 269 cm³/mol. The maximum atomic E-state index is 2.54. The number of allylic oxidation sites excluding steroid dienone is 4. The van der Waals surface area contributed by atoms with Crippen LogP contribution in [0.1, 0.15) is 75.8 Å². The summed E-state index contributed by atoms with van der Waals surface area (Å²) in [4.78, 5) is 2.49. The van der Waals surface area contributed by atoms with E-state index in [1.165, 1.54) is 100.0 Å². The number of benzene rings is 8. The van der Waals surface area contributed by atoms with Crippen LogP contribution in [0.4, 0.5) is 17.1 Å². The Balaban J connectivity index is 1.09. The van der Waals surface area contributed by atoms with Gasteiger partial charge in [0.05, 0.1) is 16.7 Å². The van der Waals surface area contributed by atoms with Crippen molar-refractivity contribution in [3.8, 4) is 39.1 Å². The van der Waals surface area contributed by atoms with Crippen molar-refractivity contribution in [2.24, 2.45) is 0 Å². The SMILES string of the molecule is C/C=C\C(=C/CC)c1ccc(N(c2ccc(-c3cccc4c3c3ccccc3n4-c3ccccc3)cc2)c2cccc3c2-c2cc4c(cc2C3(C)C)-c2ccccc2C4(C)C)cc1. The summed E-state index contributed by atoms with van der Waals surface area (Å²) in [6.45, 7) is 13.9. The minimum Gasteiger partial charge on any atom is -0.310 e. The number of rotatable bonds is 8. The molecule has 0 aliphatic heterocycles. The first-order chi connectivity index (χ1) is 30.7. The molecule has 2 heteroatoms. The van der Waals surface area contributed by atoms with E-state index >= 15 is 0 Å². The van der Waals surface area contributed by atoms with Gasteiger partial charge in [0.2, 0.25) is 0 Å². The average molecular weight is 813 g/mol. The lowest BCUT2D eigenvalue weighted by Crippen LogP contribution is -2.17. The van der Waals surface area contributed by atoms with Gasteiger partial charge >= 0.3 is 0 Å². The van der Waals surface area contributed by atoms with Crippen LogP contribution in [0.3, 0.4) is 0 Å². The Morgan fingerprint density at radius 1 is 0.540 bits per heavy atom. The summed E-state index contributed by atoms with van der Waals surface area (Å²) in [6, 6.07) is 65.8. The molecule has 1 heterocycles. The largest absolute Gasteiger partial charge is 0.310 e. The van der Waals surface area contributed by atoms with Crippen LogP contribution < -0.4 is 4.90 Å². The quantitative estimate of drug-likeness (QED) is 0.139. The first kappa shape index (κ1) is 38.7. The third kappa shape index (κ3) is 5.92. The molecule has 63 heavy (non-hydrogen) atoms. The minimum atomic E-state index is -0.180. The molecular weight excluding hydrogens is 761 g/mol. The second kappa shape index (κ2) is 14.7. The average Bonchev–Trinajstić information content (AvgIpc) is 3.86. The minimum absolute atomic E-state index is 0.0962. The zero-order chi connectivity index (χ0) is 43.0. The molecule has 9 aromatic rings. The van der Waals surface area contributed by atoms with Crippen LogP contribution in [0.15, 0.2) is 194 Å². The molecular formula is C61H52N2. The number of fused-ring (bicyclic) bond motifs is 9. The Labute approximate surface area is 372 Å². The lowest BCUT2D eigenvalue weighted by Gasteiger charge is -2.29. The number of hydrogen-bond acceptors (Lipinski definition) is 1. The van der Waals surface area contributed by atoms with Crippen molar-refractivity contribution in [3.63, 3.8) is 0 Å². The smallest absolute Gasteiger partial charge is 0.0547 e. The second-order valence-electron chi connectivity index (χ2n) is 18.3. The summed E-state index contributed by atoms with van der Waals surface area (Å²) >= 11 is 0. The normalized spacial score (nSPS) is 14.5. The van der Waals surface area contributed by atoms with Gasteiger partial charge in [-0.15, -0.1) is 0 Å². The third-order valence-corrected chi connectivity index (χ3v) is 14.0. The van der Waals surface area contributed by atoms with Crippen molar-refractivity contribution < 1.29 is 0 Å². The van der Waals surface area contributed by atoms with E-state index in [4.69, 9.17) is 0 Å². The molecule has 0 N–H and O–H groups in total. The molecule has 1 aromatic heterocycles. The summed E-state index contributed by atoms with van der Waals surface area (Å²) in [5.74, 6) is 0. The number of nitrogens with zero attached hydrogens (tertiary/aromatic N) is 2. The highest BCUT2D eigenvalue weighted by Crippen LogP contribution is 2.59. The molecule has 0 spiro atoms. The summed E-state index contributed by atoms with van der Waals surface area (Å²) in [7, 11) is 0. The molecule has 0 bridgehead atoms. The number of hydrogen-bond donors (Lipinski definition) is 0. The Morgan fingerprint density at radius 3 is 1.90 bits per heavy atom. The predicted octanol–water partition coefficient (Wildman–Crippen LogP) is 16.9. The number of aromatic nitrogens is 1. The van der Waals surface area contributed by atoms with E-state index in [0.29, 0.717) is 0 Å². The fourth-order valence-corrected chi connectivity index (χ4v) is 11.0. The van der Waals surface area contributed by atoms with Gasteiger partial charge in [-0.3, -0.25) is 0 Å². The van der Waals surface area contributed by atoms with E-state index in [1.54, 1.807) is 0 Å². The molecule has 0 radical (unpaired) electrons. The van der Waals surface area contributed by atoms with E-state index in [9.17, 15) is 0 Å². The van der Waals surface area contributed by atoms with E-state index < -0.39 is 0 Å². The summed E-state index contributed by atoms with van der Waals surface area (Å²) in [5.41, 5.74) is 22.6. The number of anilines is 3. The molecule has 0 saturated heterocycles. The topological polar surface area (TPSA) is 8.17 Å². The van der Waals surface area contributed by atoms with Crippen LogP contribution in [0, 0.1) is 0 Å². The van der Waals surface area contributed by atoms with Crippen molar-refractivity contribution >= 4 is 44.4 Å². The summed E-state index contributed by atoms with van der Waals surface area (Å²) in [6.07, 6.45) is 7.64. The van der Waals surface area contributed by atoms with Gasteiger partial charge in [-0.2, -0.15) is 0 Å². The monoisotopic (exact) mass is 812 g/mol. The molecule has 0 unspecified atom stereocenters. The Morgan fingerprint density at radius 2 is 1.14 bits per heavy atom. The van der Waals surface area contributed by atoms with E-state index in [2.05, 4.69) is 245 Å². The molecule has 0 saturated carbocycles. The molecule has 306 valence electrons. The Hall–Kier alpha value is -7.16. The lowest BCUT2D eigenvalue weighted by atomic mass is 9.79. The first-order valence-electron chi connectivity index (χ1n) is 22.5. The van der Waals surface area contributed by atoms with Crippen molar-refractivity contribution in [1.29, 1.82) is 0 Å². The fraction of sp³-hybridized carbons (Fsp3) is 0.148. The van der Waals surface area contributed by atoms with Crippen molar-refractivity contribution in [2.45, 2.75) is 58.8 Å². The highest BCUT2D eigenvalue weighted by Gasteiger charge is 2.43. The zero-order valence-corrected chi connectivity index (χ0v) is 37.1. The van der Waals surface area contributed by atoms with Gasteiger partial charge in [-0.1, -0.05) is 162 Å². The Bertz CT molecular complexity index is 3300. The molecule has 8 aromatic carbocycles. The lowest BCUT2D eigenvalue weighted by molar-refractivity contribution is 0.652.